The molecule has 1 aromatic heterocycles. The van der Waals surface area contributed by atoms with Crippen molar-refractivity contribution in [2.24, 2.45) is 0 Å². The van der Waals surface area contributed by atoms with Gasteiger partial charge in [-0.25, -0.2) is 4.98 Å². The predicted octanol–water partition coefficient (Wildman–Crippen LogP) is 3.25. The summed E-state index contributed by atoms with van der Waals surface area (Å²) in [7, 11) is 0. The first kappa shape index (κ1) is 12.6. The van der Waals surface area contributed by atoms with Gasteiger partial charge in [0.05, 0.1) is 18.5 Å². The van der Waals surface area contributed by atoms with Crippen LogP contribution in [0.4, 0.5) is 5.69 Å². The van der Waals surface area contributed by atoms with Crippen LogP contribution >= 0.6 is 0 Å². The maximum Gasteiger partial charge on any atom is 0.213 e. The minimum absolute atomic E-state index is 0.428. The zero-order chi connectivity index (χ0) is 11.8. The summed E-state index contributed by atoms with van der Waals surface area (Å²) >= 11 is 0. The fraction of sp³-hybridized carbons (Fsp3) is 0.462. The summed E-state index contributed by atoms with van der Waals surface area (Å²) in [5.41, 5.74) is 1.03. The molecule has 1 rings (SSSR count). The lowest BCUT2D eigenvalue weighted by Crippen LogP contribution is -2.14. The van der Waals surface area contributed by atoms with E-state index in [-0.39, 0.29) is 0 Å². The second-order valence-electron chi connectivity index (χ2n) is 3.73. The minimum atomic E-state index is 0.428. The van der Waals surface area contributed by atoms with Gasteiger partial charge in [-0.05, 0) is 32.8 Å². The van der Waals surface area contributed by atoms with E-state index in [0.717, 1.165) is 18.5 Å². The molecule has 1 unspecified atom stereocenters. The molecule has 0 aromatic carbocycles. The van der Waals surface area contributed by atoms with E-state index < -0.39 is 0 Å². The molecule has 0 spiro atoms. The number of nitrogens with one attached hydrogen (secondary N) is 1. The summed E-state index contributed by atoms with van der Waals surface area (Å²) in [5, 5.41) is 3.38. The first-order chi connectivity index (χ1) is 7.76. The number of anilines is 1. The van der Waals surface area contributed by atoms with Gasteiger partial charge in [0.25, 0.3) is 0 Å². The van der Waals surface area contributed by atoms with Gasteiger partial charge in [0, 0.05) is 12.1 Å². The minimum Gasteiger partial charge on any atom is -0.478 e. The van der Waals surface area contributed by atoms with Crippen LogP contribution in [0.25, 0.3) is 0 Å². The Labute approximate surface area is 97.5 Å². The van der Waals surface area contributed by atoms with Crippen molar-refractivity contribution >= 4 is 5.69 Å². The topological polar surface area (TPSA) is 34.1 Å². The summed E-state index contributed by atoms with van der Waals surface area (Å²) in [6, 6.07) is 4.30. The lowest BCUT2D eigenvalue weighted by molar-refractivity contribution is 0.327. The zero-order valence-corrected chi connectivity index (χ0v) is 10.1. The molecular formula is C13H20N2O. The molecule has 0 aliphatic heterocycles. The third-order valence-corrected chi connectivity index (χ3v) is 2.25. The molecule has 1 atom stereocenters. The van der Waals surface area contributed by atoms with E-state index in [9.17, 15) is 0 Å². The monoisotopic (exact) mass is 220 g/mol. The van der Waals surface area contributed by atoms with E-state index >= 15 is 0 Å². The third kappa shape index (κ3) is 4.34. The van der Waals surface area contributed by atoms with Crippen LogP contribution < -0.4 is 10.1 Å². The molecule has 16 heavy (non-hydrogen) atoms. The van der Waals surface area contributed by atoms with E-state index in [2.05, 4.69) is 23.8 Å². The molecule has 3 heteroatoms. The second-order valence-corrected chi connectivity index (χ2v) is 3.73. The van der Waals surface area contributed by atoms with Gasteiger partial charge in [-0.2, -0.15) is 0 Å². The number of aromatic nitrogens is 1. The number of pyridine rings is 1. The van der Waals surface area contributed by atoms with Crippen LogP contribution in [0.1, 0.15) is 26.7 Å². The average Bonchev–Trinajstić information content (AvgIpc) is 2.29. The summed E-state index contributed by atoms with van der Waals surface area (Å²) in [6.45, 7) is 8.47. The molecular weight excluding hydrogens is 200 g/mol. The maximum absolute atomic E-state index is 5.28. The highest BCUT2D eigenvalue weighted by Crippen LogP contribution is 2.13. The lowest BCUT2D eigenvalue weighted by atomic mass is 10.2. The Morgan fingerprint density at radius 1 is 1.56 bits per heavy atom. The van der Waals surface area contributed by atoms with Crippen molar-refractivity contribution in [1.82, 2.24) is 4.98 Å². The fourth-order valence-corrected chi connectivity index (χ4v) is 1.42. The quantitative estimate of drug-likeness (QED) is 0.716. The lowest BCUT2D eigenvalue weighted by Gasteiger charge is -2.14. The molecule has 0 aliphatic carbocycles. The molecule has 0 saturated carbocycles. The number of hydrogen-bond acceptors (Lipinski definition) is 3. The van der Waals surface area contributed by atoms with Gasteiger partial charge >= 0.3 is 0 Å². The van der Waals surface area contributed by atoms with Crippen LogP contribution in [0.5, 0.6) is 5.88 Å². The molecule has 0 amide bonds. The van der Waals surface area contributed by atoms with E-state index in [1.807, 2.05) is 25.1 Å². The summed E-state index contributed by atoms with van der Waals surface area (Å²) in [5.74, 6) is 0.673. The first-order valence-corrected chi connectivity index (χ1v) is 5.72. The fourth-order valence-electron chi connectivity index (χ4n) is 1.42. The largest absolute Gasteiger partial charge is 0.478 e. The maximum atomic E-state index is 5.28. The molecule has 1 aromatic rings. The van der Waals surface area contributed by atoms with Crippen LogP contribution in [-0.2, 0) is 0 Å². The Kier molecular flexibility index (Phi) is 5.40. The Balaban J connectivity index is 2.44. The summed E-state index contributed by atoms with van der Waals surface area (Å²) in [4.78, 5) is 4.20. The standard InChI is InChI=1S/C13H20N2O/c1-4-6-7-11(3)15-12-8-9-13(14-10-12)16-5-2/h4,8-11,15H,1,5-7H2,2-3H3. The Morgan fingerprint density at radius 3 is 2.94 bits per heavy atom. The highest BCUT2D eigenvalue weighted by atomic mass is 16.5. The van der Waals surface area contributed by atoms with Gasteiger partial charge in [0.2, 0.25) is 5.88 Å². The van der Waals surface area contributed by atoms with Crippen LogP contribution in [0.2, 0.25) is 0 Å². The highest BCUT2D eigenvalue weighted by molar-refractivity contribution is 5.42. The predicted molar refractivity (Wildman–Crippen MR) is 67.9 cm³/mol. The smallest absolute Gasteiger partial charge is 0.213 e. The Hall–Kier alpha value is -1.51. The van der Waals surface area contributed by atoms with Gasteiger partial charge in [0.1, 0.15) is 0 Å². The second kappa shape index (κ2) is 6.88. The number of allylic oxidation sites excluding steroid dienone is 1. The average molecular weight is 220 g/mol. The van der Waals surface area contributed by atoms with Crippen LogP contribution in [0, 0.1) is 0 Å². The number of hydrogen-bond donors (Lipinski definition) is 1. The van der Waals surface area contributed by atoms with Crippen molar-refractivity contribution in [3.8, 4) is 5.88 Å². The van der Waals surface area contributed by atoms with Crippen molar-refractivity contribution in [3.63, 3.8) is 0 Å². The molecule has 1 N–H and O–H groups in total. The number of rotatable bonds is 7. The number of ether oxygens (including phenoxy) is 1. The number of nitrogens with zero attached hydrogens (tertiary/aromatic N) is 1. The van der Waals surface area contributed by atoms with Crippen molar-refractivity contribution in [2.45, 2.75) is 32.7 Å². The van der Waals surface area contributed by atoms with Gasteiger partial charge < -0.3 is 10.1 Å². The van der Waals surface area contributed by atoms with Crippen molar-refractivity contribution < 1.29 is 4.74 Å². The zero-order valence-electron chi connectivity index (χ0n) is 10.1. The molecule has 0 bridgehead atoms. The van der Waals surface area contributed by atoms with Gasteiger partial charge in [0.15, 0.2) is 0 Å². The normalized spacial score (nSPS) is 11.9. The van der Waals surface area contributed by atoms with E-state index in [4.69, 9.17) is 4.74 Å². The SMILES string of the molecule is C=CCCC(C)Nc1ccc(OCC)nc1. The summed E-state index contributed by atoms with van der Waals surface area (Å²) < 4.78 is 5.28. The molecule has 1 heterocycles. The van der Waals surface area contributed by atoms with Crippen LogP contribution in [0.15, 0.2) is 31.0 Å². The van der Waals surface area contributed by atoms with Crippen molar-refractivity contribution in [1.29, 1.82) is 0 Å². The molecule has 3 nitrogen and oxygen atoms in total. The molecule has 88 valence electrons. The highest BCUT2D eigenvalue weighted by Gasteiger charge is 2.01. The molecule has 0 aliphatic rings. The Morgan fingerprint density at radius 2 is 2.38 bits per heavy atom. The molecule has 0 fully saturated rings. The first-order valence-electron chi connectivity index (χ1n) is 5.72. The van der Waals surface area contributed by atoms with E-state index in [1.54, 1.807) is 6.20 Å². The van der Waals surface area contributed by atoms with E-state index in [0.29, 0.717) is 18.5 Å². The van der Waals surface area contributed by atoms with Gasteiger partial charge in [-0.1, -0.05) is 6.08 Å². The van der Waals surface area contributed by atoms with Crippen molar-refractivity contribution in [3.05, 3.63) is 31.0 Å². The van der Waals surface area contributed by atoms with Crippen LogP contribution in [0.3, 0.4) is 0 Å². The molecule has 0 saturated heterocycles. The van der Waals surface area contributed by atoms with Gasteiger partial charge in [-0.15, -0.1) is 6.58 Å². The van der Waals surface area contributed by atoms with Crippen LogP contribution in [-0.4, -0.2) is 17.6 Å². The van der Waals surface area contributed by atoms with E-state index in [1.165, 1.54) is 0 Å². The van der Waals surface area contributed by atoms with Crippen molar-refractivity contribution in [2.75, 3.05) is 11.9 Å². The van der Waals surface area contributed by atoms with Gasteiger partial charge in [-0.3, -0.25) is 0 Å². The molecule has 0 radical (unpaired) electrons. The third-order valence-electron chi connectivity index (χ3n) is 2.25. The Bertz CT molecular complexity index is 308. The summed E-state index contributed by atoms with van der Waals surface area (Å²) in [6.07, 6.45) is 5.85.